The summed E-state index contributed by atoms with van der Waals surface area (Å²) in [5.74, 6) is 0.922. The second-order valence-corrected chi connectivity index (χ2v) is 4.58. The van der Waals surface area contributed by atoms with Crippen molar-refractivity contribution in [2.45, 2.75) is 13.1 Å². The van der Waals surface area contributed by atoms with Crippen LogP contribution in [0.2, 0.25) is 10.3 Å². The molecule has 0 unspecified atom stereocenters. The molecule has 0 fully saturated rings. The van der Waals surface area contributed by atoms with Gasteiger partial charge in [0, 0.05) is 12.1 Å². The molecule has 0 spiro atoms. The quantitative estimate of drug-likeness (QED) is 0.795. The number of pyridine rings is 1. The second kappa shape index (κ2) is 5.54. The van der Waals surface area contributed by atoms with Crippen LogP contribution in [0.4, 0.5) is 0 Å². The fourth-order valence-electron chi connectivity index (χ4n) is 1.57. The normalized spacial score (nSPS) is 11.1. The maximum Gasteiger partial charge on any atom is 0.135 e. The van der Waals surface area contributed by atoms with E-state index in [9.17, 15) is 0 Å². The summed E-state index contributed by atoms with van der Waals surface area (Å²) in [7, 11) is 1.99. The molecule has 2 aromatic heterocycles. The molecule has 0 bridgehead atoms. The molecule has 5 heteroatoms. The van der Waals surface area contributed by atoms with E-state index in [-0.39, 0.29) is 0 Å². The highest BCUT2D eigenvalue weighted by Crippen LogP contribution is 2.18. The fraction of sp³-hybridized carbons (Fsp3) is 0.250. The minimum absolute atomic E-state index is 0.410. The SMILES string of the molecule is CN(Cc1ccco1)Cc1ccc(Cl)nc1Cl. The minimum Gasteiger partial charge on any atom is -0.468 e. The third-order valence-electron chi connectivity index (χ3n) is 2.34. The van der Waals surface area contributed by atoms with Crippen molar-refractivity contribution in [3.05, 3.63) is 52.2 Å². The van der Waals surface area contributed by atoms with E-state index in [2.05, 4.69) is 9.88 Å². The van der Waals surface area contributed by atoms with Crippen LogP contribution in [-0.2, 0) is 13.1 Å². The molecule has 2 rings (SSSR count). The molecule has 0 radical (unpaired) electrons. The van der Waals surface area contributed by atoms with Gasteiger partial charge in [0.05, 0.1) is 12.8 Å². The molecule has 0 saturated heterocycles. The zero-order valence-electron chi connectivity index (χ0n) is 9.36. The molecule has 2 heterocycles. The van der Waals surface area contributed by atoms with Gasteiger partial charge < -0.3 is 4.42 Å². The van der Waals surface area contributed by atoms with Crippen LogP contribution in [0.25, 0.3) is 0 Å². The Bertz CT molecular complexity index is 485. The van der Waals surface area contributed by atoms with E-state index in [1.54, 1.807) is 12.3 Å². The highest BCUT2D eigenvalue weighted by molar-refractivity contribution is 6.32. The van der Waals surface area contributed by atoms with Crippen molar-refractivity contribution in [3.63, 3.8) is 0 Å². The minimum atomic E-state index is 0.410. The molecular weight excluding hydrogens is 259 g/mol. The summed E-state index contributed by atoms with van der Waals surface area (Å²) >= 11 is 11.8. The largest absolute Gasteiger partial charge is 0.468 e. The van der Waals surface area contributed by atoms with Gasteiger partial charge >= 0.3 is 0 Å². The Morgan fingerprint density at radius 2 is 2.06 bits per heavy atom. The van der Waals surface area contributed by atoms with Crippen LogP contribution >= 0.6 is 23.2 Å². The summed E-state index contributed by atoms with van der Waals surface area (Å²) in [5, 5.41) is 0.858. The van der Waals surface area contributed by atoms with E-state index in [0.717, 1.165) is 17.9 Å². The van der Waals surface area contributed by atoms with Crippen molar-refractivity contribution in [2.24, 2.45) is 0 Å². The maximum absolute atomic E-state index is 6.01. The van der Waals surface area contributed by atoms with Crippen LogP contribution in [0.5, 0.6) is 0 Å². The third-order valence-corrected chi connectivity index (χ3v) is 2.88. The first-order valence-electron chi connectivity index (χ1n) is 5.17. The Morgan fingerprint density at radius 3 is 2.71 bits per heavy atom. The van der Waals surface area contributed by atoms with E-state index in [4.69, 9.17) is 27.6 Å². The van der Waals surface area contributed by atoms with Gasteiger partial charge in [-0.25, -0.2) is 4.98 Å². The Balaban J connectivity index is 2.00. The van der Waals surface area contributed by atoms with Crippen LogP contribution < -0.4 is 0 Å². The van der Waals surface area contributed by atoms with E-state index >= 15 is 0 Å². The Hall–Kier alpha value is -1.03. The fourth-order valence-corrected chi connectivity index (χ4v) is 1.98. The number of aromatic nitrogens is 1. The Labute approximate surface area is 110 Å². The van der Waals surface area contributed by atoms with Gasteiger partial charge in [0.2, 0.25) is 0 Å². The lowest BCUT2D eigenvalue weighted by molar-refractivity contribution is 0.287. The van der Waals surface area contributed by atoms with Gasteiger partial charge in [0.1, 0.15) is 16.1 Å². The molecule has 0 atom stereocenters. The summed E-state index contributed by atoms with van der Waals surface area (Å²) in [5.41, 5.74) is 0.949. The predicted octanol–water partition coefficient (Wildman–Crippen LogP) is 3.61. The van der Waals surface area contributed by atoms with Crippen molar-refractivity contribution in [1.29, 1.82) is 0 Å². The first-order valence-corrected chi connectivity index (χ1v) is 5.92. The van der Waals surface area contributed by atoms with Gasteiger partial charge in [-0.05, 0) is 25.2 Å². The van der Waals surface area contributed by atoms with E-state index in [0.29, 0.717) is 16.9 Å². The number of hydrogen-bond acceptors (Lipinski definition) is 3. The topological polar surface area (TPSA) is 29.3 Å². The van der Waals surface area contributed by atoms with Crippen molar-refractivity contribution >= 4 is 23.2 Å². The average molecular weight is 271 g/mol. The van der Waals surface area contributed by atoms with Crippen LogP contribution in [0.1, 0.15) is 11.3 Å². The highest BCUT2D eigenvalue weighted by atomic mass is 35.5. The van der Waals surface area contributed by atoms with E-state index in [1.807, 2.05) is 25.2 Å². The number of halogens is 2. The highest BCUT2D eigenvalue weighted by Gasteiger charge is 2.07. The first-order chi connectivity index (χ1) is 8.15. The van der Waals surface area contributed by atoms with Crippen LogP contribution in [0.15, 0.2) is 34.9 Å². The van der Waals surface area contributed by atoms with Crippen molar-refractivity contribution in [1.82, 2.24) is 9.88 Å². The van der Waals surface area contributed by atoms with Crippen molar-refractivity contribution < 1.29 is 4.42 Å². The molecule has 0 aliphatic heterocycles. The average Bonchev–Trinajstić information content (AvgIpc) is 2.75. The molecule has 0 aliphatic carbocycles. The zero-order chi connectivity index (χ0) is 12.3. The molecule has 3 nitrogen and oxygen atoms in total. The Kier molecular flexibility index (Phi) is 4.05. The molecule has 17 heavy (non-hydrogen) atoms. The summed E-state index contributed by atoms with van der Waals surface area (Å²) in [6, 6.07) is 7.44. The molecule has 0 aliphatic rings. The summed E-state index contributed by atoms with van der Waals surface area (Å²) in [6.45, 7) is 1.43. The molecule has 0 amide bonds. The lowest BCUT2D eigenvalue weighted by Gasteiger charge is -2.15. The van der Waals surface area contributed by atoms with Gasteiger partial charge in [-0.2, -0.15) is 0 Å². The molecule has 0 saturated carbocycles. The van der Waals surface area contributed by atoms with Gasteiger partial charge in [0.15, 0.2) is 0 Å². The second-order valence-electron chi connectivity index (χ2n) is 3.84. The number of hydrogen-bond donors (Lipinski definition) is 0. The number of furan rings is 1. The third kappa shape index (κ3) is 3.46. The smallest absolute Gasteiger partial charge is 0.135 e. The van der Waals surface area contributed by atoms with E-state index in [1.165, 1.54) is 0 Å². The lowest BCUT2D eigenvalue weighted by Crippen LogP contribution is -2.17. The standard InChI is InChI=1S/C12H12Cl2N2O/c1-16(8-10-3-2-6-17-10)7-9-4-5-11(13)15-12(9)14/h2-6H,7-8H2,1H3. The van der Waals surface area contributed by atoms with Gasteiger partial charge in [-0.15, -0.1) is 0 Å². The zero-order valence-corrected chi connectivity index (χ0v) is 10.9. The molecular formula is C12H12Cl2N2O. The van der Waals surface area contributed by atoms with Gasteiger partial charge in [-0.3, -0.25) is 4.90 Å². The Morgan fingerprint density at radius 1 is 1.24 bits per heavy atom. The van der Waals surface area contributed by atoms with E-state index < -0.39 is 0 Å². The summed E-state index contributed by atoms with van der Waals surface area (Å²) in [4.78, 5) is 6.10. The summed E-state index contributed by atoms with van der Waals surface area (Å²) in [6.07, 6.45) is 1.67. The maximum atomic E-state index is 6.01. The molecule has 0 aromatic carbocycles. The van der Waals surface area contributed by atoms with Crippen LogP contribution in [0.3, 0.4) is 0 Å². The van der Waals surface area contributed by atoms with Crippen molar-refractivity contribution in [2.75, 3.05) is 7.05 Å². The first kappa shape index (κ1) is 12.4. The van der Waals surface area contributed by atoms with Crippen LogP contribution in [-0.4, -0.2) is 16.9 Å². The van der Waals surface area contributed by atoms with Gasteiger partial charge in [-0.1, -0.05) is 29.3 Å². The lowest BCUT2D eigenvalue weighted by atomic mass is 10.2. The van der Waals surface area contributed by atoms with Crippen LogP contribution in [0, 0.1) is 0 Å². The molecule has 2 aromatic rings. The van der Waals surface area contributed by atoms with Gasteiger partial charge in [0.25, 0.3) is 0 Å². The van der Waals surface area contributed by atoms with Crippen molar-refractivity contribution in [3.8, 4) is 0 Å². The molecule has 0 N–H and O–H groups in total. The number of rotatable bonds is 4. The monoisotopic (exact) mass is 270 g/mol. The predicted molar refractivity (Wildman–Crippen MR) is 68.1 cm³/mol. The summed E-state index contributed by atoms with van der Waals surface area (Å²) < 4.78 is 5.28. The molecule has 90 valence electrons. The number of nitrogens with zero attached hydrogens (tertiary/aromatic N) is 2.